The number of halogens is 3. The Balaban J connectivity index is 1.92. The minimum atomic E-state index is -4.36. The summed E-state index contributed by atoms with van der Waals surface area (Å²) in [5, 5.41) is 9.16. The third kappa shape index (κ3) is 3.15. The fraction of sp³-hybridized carbons (Fsp3) is 0.111. The summed E-state index contributed by atoms with van der Waals surface area (Å²) in [6, 6.07) is 14.2. The highest BCUT2D eigenvalue weighted by Crippen LogP contribution is 2.30. The first kappa shape index (κ1) is 15.8. The Labute approximate surface area is 136 Å². The van der Waals surface area contributed by atoms with Crippen LogP contribution in [-0.2, 0) is 12.7 Å². The molecule has 0 bridgehead atoms. The lowest BCUT2D eigenvalue weighted by molar-refractivity contribution is -0.137. The normalized spacial score (nSPS) is 11.2. The van der Waals surface area contributed by atoms with Crippen LogP contribution in [0.25, 0.3) is 11.4 Å². The second kappa shape index (κ2) is 6.20. The minimum absolute atomic E-state index is 0.417. The van der Waals surface area contributed by atoms with Gasteiger partial charge in [0.05, 0.1) is 23.7 Å². The molecule has 0 fully saturated rings. The summed E-state index contributed by atoms with van der Waals surface area (Å²) in [4.78, 5) is 4.23. The van der Waals surface area contributed by atoms with Crippen LogP contribution in [0.15, 0.2) is 60.9 Å². The number of imidazole rings is 1. The van der Waals surface area contributed by atoms with Gasteiger partial charge in [-0.3, -0.25) is 0 Å². The molecule has 0 radical (unpaired) electrons. The van der Waals surface area contributed by atoms with Crippen molar-refractivity contribution in [3.63, 3.8) is 0 Å². The van der Waals surface area contributed by atoms with Crippen LogP contribution in [0.2, 0.25) is 0 Å². The van der Waals surface area contributed by atoms with Crippen molar-refractivity contribution in [2.45, 2.75) is 12.7 Å². The third-order valence-electron chi connectivity index (χ3n) is 3.66. The van der Waals surface area contributed by atoms with E-state index in [1.807, 2.05) is 12.1 Å². The van der Waals surface area contributed by atoms with E-state index in [1.54, 1.807) is 29.1 Å². The molecule has 0 amide bonds. The smallest absolute Gasteiger partial charge is 0.327 e. The zero-order valence-corrected chi connectivity index (χ0v) is 12.5. The van der Waals surface area contributed by atoms with Crippen LogP contribution in [0.5, 0.6) is 0 Å². The van der Waals surface area contributed by atoms with Crippen LogP contribution < -0.4 is 0 Å². The van der Waals surface area contributed by atoms with E-state index in [2.05, 4.69) is 11.1 Å². The van der Waals surface area contributed by atoms with E-state index in [0.717, 1.165) is 17.7 Å². The van der Waals surface area contributed by atoms with Crippen LogP contribution >= 0.6 is 0 Å². The largest absolute Gasteiger partial charge is 0.416 e. The first-order chi connectivity index (χ1) is 11.5. The number of hydrogen-bond donors (Lipinski definition) is 0. The Kier molecular flexibility index (Phi) is 4.09. The van der Waals surface area contributed by atoms with Gasteiger partial charge in [0, 0.05) is 18.0 Å². The van der Waals surface area contributed by atoms with Crippen LogP contribution in [0, 0.1) is 11.3 Å². The minimum Gasteiger partial charge on any atom is -0.327 e. The third-order valence-corrected chi connectivity index (χ3v) is 3.66. The fourth-order valence-corrected chi connectivity index (χ4v) is 2.46. The van der Waals surface area contributed by atoms with Crippen molar-refractivity contribution < 1.29 is 13.2 Å². The van der Waals surface area contributed by atoms with Gasteiger partial charge >= 0.3 is 6.18 Å². The summed E-state index contributed by atoms with van der Waals surface area (Å²) in [6.45, 7) is 0.417. The highest BCUT2D eigenvalue weighted by atomic mass is 19.4. The summed E-state index contributed by atoms with van der Waals surface area (Å²) < 4.78 is 39.8. The molecule has 1 aromatic heterocycles. The standard InChI is InChI=1S/C18H12F3N3/c19-18(20,21)16-7-5-13(6-8-16)17-23-9-10-24(17)12-15-4-2-1-3-14(15)11-22/h1-10H,12H2. The number of rotatable bonds is 3. The predicted octanol–water partition coefficient (Wildman–Crippen LogP) is 4.49. The number of nitriles is 1. The van der Waals surface area contributed by atoms with Gasteiger partial charge in [0.15, 0.2) is 0 Å². The molecule has 24 heavy (non-hydrogen) atoms. The predicted molar refractivity (Wildman–Crippen MR) is 82.9 cm³/mol. The zero-order valence-electron chi connectivity index (χ0n) is 12.5. The maximum absolute atomic E-state index is 12.7. The maximum atomic E-state index is 12.7. The van der Waals surface area contributed by atoms with Gasteiger partial charge in [-0.15, -0.1) is 0 Å². The molecule has 0 saturated carbocycles. The molecule has 0 spiro atoms. The molecule has 3 aromatic rings. The Bertz CT molecular complexity index is 887. The average Bonchev–Trinajstić information content (AvgIpc) is 3.03. The van der Waals surface area contributed by atoms with Crippen molar-refractivity contribution in [3.8, 4) is 17.5 Å². The highest BCUT2D eigenvalue weighted by molar-refractivity contribution is 5.56. The summed E-state index contributed by atoms with van der Waals surface area (Å²) >= 11 is 0. The van der Waals surface area contributed by atoms with Gasteiger partial charge in [-0.2, -0.15) is 18.4 Å². The Morgan fingerprint density at radius 2 is 1.75 bits per heavy atom. The molecule has 0 saturated heterocycles. The molecule has 3 nitrogen and oxygen atoms in total. The van der Waals surface area contributed by atoms with E-state index < -0.39 is 11.7 Å². The van der Waals surface area contributed by atoms with E-state index >= 15 is 0 Å². The zero-order chi connectivity index (χ0) is 17.2. The molecule has 0 aliphatic rings. The van der Waals surface area contributed by atoms with Gasteiger partial charge < -0.3 is 4.57 Å². The van der Waals surface area contributed by atoms with E-state index in [9.17, 15) is 13.2 Å². The van der Waals surface area contributed by atoms with Gasteiger partial charge in [0.25, 0.3) is 0 Å². The Morgan fingerprint density at radius 3 is 2.42 bits per heavy atom. The number of benzene rings is 2. The summed E-state index contributed by atoms with van der Waals surface area (Å²) in [6.07, 6.45) is -1.04. The van der Waals surface area contributed by atoms with Crippen molar-refractivity contribution >= 4 is 0 Å². The lowest BCUT2D eigenvalue weighted by Crippen LogP contribution is -2.05. The van der Waals surface area contributed by atoms with Crippen molar-refractivity contribution in [1.82, 2.24) is 9.55 Å². The average molecular weight is 327 g/mol. The summed E-state index contributed by atoms with van der Waals surface area (Å²) in [5.41, 5.74) is 1.28. The number of hydrogen-bond acceptors (Lipinski definition) is 2. The Hall–Kier alpha value is -3.07. The lowest BCUT2D eigenvalue weighted by Gasteiger charge is -2.11. The molecule has 0 aliphatic heterocycles. The van der Waals surface area contributed by atoms with Gasteiger partial charge in [-0.05, 0) is 23.8 Å². The van der Waals surface area contributed by atoms with Crippen LogP contribution in [0.1, 0.15) is 16.7 Å². The summed E-state index contributed by atoms with van der Waals surface area (Å²) in [7, 11) is 0. The first-order valence-electron chi connectivity index (χ1n) is 7.16. The van der Waals surface area contributed by atoms with Crippen LogP contribution in [-0.4, -0.2) is 9.55 Å². The van der Waals surface area contributed by atoms with Gasteiger partial charge in [0.1, 0.15) is 5.82 Å². The molecular formula is C18H12F3N3. The van der Waals surface area contributed by atoms with Crippen LogP contribution in [0.4, 0.5) is 13.2 Å². The molecule has 1 heterocycles. The van der Waals surface area contributed by atoms with Crippen molar-refractivity contribution in [3.05, 3.63) is 77.6 Å². The second-order valence-electron chi connectivity index (χ2n) is 5.22. The number of aromatic nitrogens is 2. The Morgan fingerprint density at radius 1 is 1.04 bits per heavy atom. The molecule has 2 aromatic carbocycles. The molecular weight excluding hydrogens is 315 g/mol. The molecule has 3 rings (SSSR count). The van der Waals surface area contributed by atoms with E-state index in [0.29, 0.717) is 23.5 Å². The quantitative estimate of drug-likeness (QED) is 0.711. The van der Waals surface area contributed by atoms with E-state index in [4.69, 9.17) is 5.26 Å². The van der Waals surface area contributed by atoms with Crippen molar-refractivity contribution in [2.75, 3.05) is 0 Å². The monoisotopic (exact) mass is 327 g/mol. The molecule has 120 valence electrons. The van der Waals surface area contributed by atoms with Crippen LogP contribution in [0.3, 0.4) is 0 Å². The fourth-order valence-electron chi connectivity index (χ4n) is 2.46. The molecule has 0 atom stereocenters. The molecule has 6 heteroatoms. The number of nitrogens with zero attached hydrogens (tertiary/aromatic N) is 3. The summed E-state index contributed by atoms with van der Waals surface area (Å²) in [5.74, 6) is 0.552. The topological polar surface area (TPSA) is 41.6 Å². The second-order valence-corrected chi connectivity index (χ2v) is 5.22. The SMILES string of the molecule is N#Cc1ccccc1Cn1ccnc1-c1ccc(C(F)(F)F)cc1. The molecule has 0 aliphatic carbocycles. The van der Waals surface area contributed by atoms with Gasteiger partial charge in [-0.25, -0.2) is 4.98 Å². The lowest BCUT2D eigenvalue weighted by atomic mass is 10.1. The van der Waals surface area contributed by atoms with Gasteiger partial charge in [-0.1, -0.05) is 30.3 Å². The maximum Gasteiger partial charge on any atom is 0.416 e. The first-order valence-corrected chi connectivity index (χ1v) is 7.16. The van der Waals surface area contributed by atoms with Crippen molar-refractivity contribution in [1.29, 1.82) is 5.26 Å². The van der Waals surface area contributed by atoms with Gasteiger partial charge in [0.2, 0.25) is 0 Å². The number of alkyl halides is 3. The molecule has 0 N–H and O–H groups in total. The van der Waals surface area contributed by atoms with E-state index in [1.165, 1.54) is 12.1 Å². The van der Waals surface area contributed by atoms with Crippen molar-refractivity contribution in [2.24, 2.45) is 0 Å². The highest BCUT2D eigenvalue weighted by Gasteiger charge is 2.30. The van der Waals surface area contributed by atoms with E-state index in [-0.39, 0.29) is 0 Å². The molecule has 0 unspecified atom stereocenters.